The third kappa shape index (κ3) is 5.52. The van der Waals surface area contributed by atoms with Crippen LogP contribution in [0.1, 0.15) is 17.5 Å². The summed E-state index contributed by atoms with van der Waals surface area (Å²) in [4.78, 5) is 26.9. The van der Waals surface area contributed by atoms with Crippen LogP contribution in [0.4, 0.5) is 5.69 Å². The molecule has 1 aliphatic rings. The number of anilines is 1. The van der Waals surface area contributed by atoms with Gasteiger partial charge in [0.05, 0.1) is 10.8 Å². The van der Waals surface area contributed by atoms with Crippen molar-refractivity contribution in [1.29, 1.82) is 0 Å². The summed E-state index contributed by atoms with van der Waals surface area (Å²) in [7, 11) is -2.14. The lowest BCUT2D eigenvalue weighted by Gasteiger charge is -2.18. The summed E-state index contributed by atoms with van der Waals surface area (Å²) in [5.41, 5.74) is 2.40. The molecule has 0 saturated carbocycles. The number of hydrogen-bond donors (Lipinski definition) is 1. The summed E-state index contributed by atoms with van der Waals surface area (Å²) < 4.78 is 27.1. The molecule has 1 aliphatic heterocycles. The summed E-state index contributed by atoms with van der Waals surface area (Å²) >= 11 is 0. The van der Waals surface area contributed by atoms with Gasteiger partial charge in [-0.15, -0.1) is 0 Å². The molecule has 1 atom stereocenters. The number of nitrogens with zero attached hydrogens (tertiary/aromatic N) is 2. The Morgan fingerprint density at radius 2 is 1.53 bits per heavy atom. The van der Waals surface area contributed by atoms with Crippen LogP contribution in [0, 0.1) is 5.92 Å². The molecule has 1 N–H and O–H groups in total. The molecule has 34 heavy (non-hydrogen) atoms. The Kier molecular flexibility index (Phi) is 7.09. The zero-order chi connectivity index (χ0) is 24.1. The number of carbonyl (C=O) groups is 2. The van der Waals surface area contributed by atoms with Crippen LogP contribution in [-0.4, -0.2) is 43.0 Å². The summed E-state index contributed by atoms with van der Waals surface area (Å²) in [6.07, 6.45) is 0.162. The summed E-state index contributed by atoms with van der Waals surface area (Å²) in [5.74, 6) is -0.746. The first-order valence-electron chi connectivity index (χ1n) is 11.1. The molecule has 4 rings (SSSR count). The third-order valence-corrected chi connectivity index (χ3v) is 7.70. The lowest BCUT2D eigenvalue weighted by Crippen LogP contribution is -2.28. The van der Waals surface area contributed by atoms with Crippen LogP contribution >= 0.6 is 0 Å². The van der Waals surface area contributed by atoms with Gasteiger partial charge in [-0.1, -0.05) is 60.7 Å². The fourth-order valence-corrected chi connectivity index (χ4v) is 5.12. The van der Waals surface area contributed by atoms with E-state index in [9.17, 15) is 18.0 Å². The van der Waals surface area contributed by atoms with Gasteiger partial charge < -0.3 is 10.2 Å². The van der Waals surface area contributed by atoms with E-state index in [0.717, 1.165) is 11.1 Å². The molecule has 176 valence electrons. The van der Waals surface area contributed by atoms with Crippen molar-refractivity contribution in [3.63, 3.8) is 0 Å². The smallest absolute Gasteiger partial charge is 0.243 e. The fourth-order valence-electron chi connectivity index (χ4n) is 3.96. The predicted octanol–water partition coefficient (Wildman–Crippen LogP) is 3.49. The van der Waals surface area contributed by atoms with E-state index in [-0.39, 0.29) is 29.7 Å². The van der Waals surface area contributed by atoms with Crippen molar-refractivity contribution in [2.45, 2.75) is 24.4 Å². The number of sulfonamides is 1. The van der Waals surface area contributed by atoms with Crippen LogP contribution in [0.5, 0.6) is 0 Å². The standard InChI is InChI=1S/C26H27N3O4S/c1-28(17-20-8-4-2-5-9-20)34(32,33)24-14-12-23(13-15-24)27-26(31)22-16-25(30)29(19-22)18-21-10-6-3-7-11-21/h2-15,22H,16-19H2,1H3,(H,27,31). The van der Waals surface area contributed by atoms with Crippen LogP contribution in [-0.2, 0) is 32.7 Å². The highest BCUT2D eigenvalue weighted by Crippen LogP contribution is 2.23. The van der Waals surface area contributed by atoms with E-state index in [1.165, 1.54) is 23.5 Å². The lowest BCUT2D eigenvalue weighted by atomic mass is 10.1. The Balaban J connectivity index is 1.36. The van der Waals surface area contributed by atoms with Crippen molar-refractivity contribution in [2.75, 3.05) is 18.9 Å². The molecular formula is C26H27N3O4S. The van der Waals surface area contributed by atoms with Crippen molar-refractivity contribution in [2.24, 2.45) is 5.92 Å². The Bertz CT molecular complexity index is 1250. The highest BCUT2D eigenvalue weighted by Gasteiger charge is 2.34. The molecule has 7 nitrogen and oxygen atoms in total. The summed E-state index contributed by atoms with van der Waals surface area (Å²) in [5, 5.41) is 2.81. The molecule has 2 amide bonds. The molecule has 1 heterocycles. The minimum Gasteiger partial charge on any atom is -0.338 e. The lowest BCUT2D eigenvalue weighted by molar-refractivity contribution is -0.128. The first kappa shape index (κ1) is 23.7. The van der Waals surface area contributed by atoms with Gasteiger partial charge in [-0.3, -0.25) is 9.59 Å². The van der Waals surface area contributed by atoms with Crippen LogP contribution < -0.4 is 5.32 Å². The molecule has 1 saturated heterocycles. The van der Waals surface area contributed by atoms with Crippen LogP contribution in [0.25, 0.3) is 0 Å². The van der Waals surface area contributed by atoms with Gasteiger partial charge in [-0.25, -0.2) is 8.42 Å². The van der Waals surface area contributed by atoms with Crippen LogP contribution in [0.2, 0.25) is 0 Å². The van der Waals surface area contributed by atoms with E-state index < -0.39 is 15.9 Å². The van der Waals surface area contributed by atoms with Gasteiger partial charge in [-0.05, 0) is 35.4 Å². The fraction of sp³-hybridized carbons (Fsp3) is 0.231. The molecule has 0 aromatic heterocycles. The van der Waals surface area contributed by atoms with Gasteiger partial charge in [0, 0.05) is 38.8 Å². The van der Waals surface area contributed by atoms with Crippen LogP contribution in [0.15, 0.2) is 89.8 Å². The number of amides is 2. The molecule has 0 spiro atoms. The van der Waals surface area contributed by atoms with Gasteiger partial charge in [0.25, 0.3) is 0 Å². The average Bonchev–Trinajstić information content (AvgIpc) is 3.21. The predicted molar refractivity (Wildman–Crippen MR) is 130 cm³/mol. The van der Waals surface area contributed by atoms with Gasteiger partial charge in [0.1, 0.15) is 0 Å². The number of nitrogens with one attached hydrogen (secondary N) is 1. The van der Waals surface area contributed by atoms with Gasteiger partial charge in [-0.2, -0.15) is 4.31 Å². The maximum Gasteiger partial charge on any atom is 0.243 e. The molecule has 8 heteroatoms. The van der Waals surface area contributed by atoms with E-state index >= 15 is 0 Å². The van der Waals surface area contributed by atoms with Crippen LogP contribution in [0.3, 0.4) is 0 Å². The van der Waals surface area contributed by atoms with E-state index in [2.05, 4.69) is 5.32 Å². The highest BCUT2D eigenvalue weighted by molar-refractivity contribution is 7.89. The largest absolute Gasteiger partial charge is 0.338 e. The molecule has 0 aliphatic carbocycles. The van der Waals surface area contributed by atoms with Gasteiger partial charge in [0.15, 0.2) is 0 Å². The first-order valence-corrected chi connectivity index (χ1v) is 12.5. The second-order valence-corrected chi connectivity index (χ2v) is 10.5. The van der Waals surface area contributed by atoms with E-state index in [1.54, 1.807) is 17.0 Å². The summed E-state index contributed by atoms with van der Waals surface area (Å²) in [6.45, 7) is 1.10. The summed E-state index contributed by atoms with van der Waals surface area (Å²) in [6, 6.07) is 25.1. The second-order valence-electron chi connectivity index (χ2n) is 8.42. The molecule has 1 unspecified atom stereocenters. The van der Waals surface area contributed by atoms with E-state index in [4.69, 9.17) is 0 Å². The molecule has 0 bridgehead atoms. The number of benzene rings is 3. The van der Waals surface area contributed by atoms with Crippen molar-refractivity contribution >= 4 is 27.5 Å². The maximum absolute atomic E-state index is 12.9. The van der Waals surface area contributed by atoms with Gasteiger partial charge >= 0.3 is 0 Å². The van der Waals surface area contributed by atoms with Crippen molar-refractivity contribution in [3.05, 3.63) is 96.1 Å². The number of carbonyl (C=O) groups excluding carboxylic acids is 2. The van der Waals surface area contributed by atoms with E-state index in [0.29, 0.717) is 18.8 Å². The SMILES string of the molecule is CN(Cc1ccccc1)S(=O)(=O)c1ccc(NC(=O)C2CC(=O)N(Cc3ccccc3)C2)cc1. The third-order valence-electron chi connectivity index (χ3n) is 5.88. The zero-order valence-corrected chi connectivity index (χ0v) is 19.7. The first-order chi connectivity index (χ1) is 16.3. The topological polar surface area (TPSA) is 86.8 Å². The Morgan fingerprint density at radius 1 is 0.941 bits per heavy atom. The number of likely N-dealkylation sites (tertiary alicyclic amines) is 1. The number of rotatable bonds is 8. The monoisotopic (exact) mass is 477 g/mol. The normalized spacial score (nSPS) is 16.1. The quantitative estimate of drug-likeness (QED) is 0.538. The van der Waals surface area contributed by atoms with Gasteiger partial charge in [0.2, 0.25) is 21.8 Å². The van der Waals surface area contributed by atoms with E-state index in [1.807, 2.05) is 60.7 Å². The molecule has 0 radical (unpaired) electrons. The Labute approximate surface area is 200 Å². The molecule has 3 aromatic carbocycles. The second kappa shape index (κ2) is 10.2. The highest BCUT2D eigenvalue weighted by atomic mass is 32.2. The maximum atomic E-state index is 12.9. The zero-order valence-electron chi connectivity index (χ0n) is 18.9. The minimum absolute atomic E-state index is 0.0492. The molecule has 3 aromatic rings. The average molecular weight is 478 g/mol. The molecule has 1 fully saturated rings. The Hall–Kier alpha value is -3.49. The molecular weight excluding hydrogens is 450 g/mol. The number of hydrogen-bond acceptors (Lipinski definition) is 4. The van der Waals surface area contributed by atoms with Crippen molar-refractivity contribution < 1.29 is 18.0 Å². The Morgan fingerprint density at radius 3 is 2.15 bits per heavy atom. The van der Waals surface area contributed by atoms with Crippen molar-refractivity contribution in [1.82, 2.24) is 9.21 Å². The van der Waals surface area contributed by atoms with Crippen molar-refractivity contribution in [3.8, 4) is 0 Å². The minimum atomic E-state index is -3.67.